The van der Waals surface area contributed by atoms with Gasteiger partial charge in [0.15, 0.2) is 12.6 Å². The van der Waals surface area contributed by atoms with Crippen LogP contribution in [0.2, 0.25) is 0 Å². The van der Waals surface area contributed by atoms with Crippen LogP contribution in [0.1, 0.15) is 12.5 Å². The number of aliphatic imine (C=N–C) groups is 1. The van der Waals surface area contributed by atoms with E-state index in [1.807, 2.05) is 6.92 Å². The average Bonchev–Trinajstić information content (AvgIpc) is 2.48. The zero-order valence-electron chi connectivity index (χ0n) is 12.2. The second kappa shape index (κ2) is 8.82. The average molecular weight is 313 g/mol. The van der Waals surface area contributed by atoms with Crippen LogP contribution < -0.4 is 15.4 Å². The zero-order valence-corrected chi connectivity index (χ0v) is 12.2. The maximum atomic E-state index is 12.1. The van der Waals surface area contributed by atoms with E-state index in [1.165, 1.54) is 12.1 Å². The Bertz CT molecular complexity index is 536. The van der Waals surface area contributed by atoms with Gasteiger partial charge in [-0.2, -0.15) is 13.2 Å². The van der Waals surface area contributed by atoms with Gasteiger partial charge in [-0.25, -0.2) is 4.99 Å². The van der Waals surface area contributed by atoms with Gasteiger partial charge in [-0.05, 0) is 24.6 Å². The summed E-state index contributed by atoms with van der Waals surface area (Å²) in [5.41, 5.74) is 0.734. The molecule has 22 heavy (non-hydrogen) atoms. The molecule has 0 saturated heterocycles. The van der Waals surface area contributed by atoms with E-state index in [1.54, 1.807) is 12.1 Å². The first-order chi connectivity index (χ1) is 10.4. The van der Waals surface area contributed by atoms with Gasteiger partial charge in [0.05, 0.1) is 13.1 Å². The van der Waals surface area contributed by atoms with Gasteiger partial charge < -0.3 is 15.4 Å². The van der Waals surface area contributed by atoms with Crippen molar-refractivity contribution in [2.75, 3.05) is 19.7 Å². The SMILES string of the molecule is C#CCNC(=NCc1cccc(OCC(F)(F)F)c1)NCC. The van der Waals surface area contributed by atoms with E-state index in [-0.39, 0.29) is 5.75 Å². The molecule has 0 radical (unpaired) electrons. The molecule has 0 bridgehead atoms. The molecule has 1 aromatic carbocycles. The molecule has 0 fully saturated rings. The number of hydrogen-bond donors (Lipinski definition) is 2. The van der Waals surface area contributed by atoms with Crippen LogP contribution in [-0.2, 0) is 6.54 Å². The lowest BCUT2D eigenvalue weighted by Crippen LogP contribution is -2.37. The van der Waals surface area contributed by atoms with Crippen molar-refractivity contribution in [2.24, 2.45) is 4.99 Å². The van der Waals surface area contributed by atoms with E-state index in [2.05, 4.69) is 21.5 Å². The number of benzene rings is 1. The lowest BCUT2D eigenvalue weighted by Gasteiger charge is -2.11. The van der Waals surface area contributed by atoms with Gasteiger partial charge in [0, 0.05) is 6.54 Å². The van der Waals surface area contributed by atoms with Gasteiger partial charge in [0.25, 0.3) is 0 Å². The van der Waals surface area contributed by atoms with Crippen molar-refractivity contribution in [1.82, 2.24) is 10.6 Å². The van der Waals surface area contributed by atoms with E-state index in [9.17, 15) is 13.2 Å². The lowest BCUT2D eigenvalue weighted by atomic mass is 10.2. The number of halogens is 3. The Morgan fingerprint density at radius 1 is 1.36 bits per heavy atom. The Morgan fingerprint density at radius 2 is 2.14 bits per heavy atom. The van der Waals surface area contributed by atoms with E-state index >= 15 is 0 Å². The van der Waals surface area contributed by atoms with Crippen LogP contribution in [0.25, 0.3) is 0 Å². The van der Waals surface area contributed by atoms with Crippen molar-refractivity contribution in [1.29, 1.82) is 0 Å². The number of nitrogens with zero attached hydrogens (tertiary/aromatic N) is 1. The number of ether oxygens (including phenoxy) is 1. The van der Waals surface area contributed by atoms with Crippen molar-refractivity contribution in [3.8, 4) is 18.1 Å². The molecule has 0 unspecified atom stereocenters. The monoisotopic (exact) mass is 313 g/mol. The summed E-state index contributed by atoms with van der Waals surface area (Å²) in [6, 6.07) is 6.38. The third-order valence-corrected chi connectivity index (χ3v) is 2.42. The molecule has 0 spiro atoms. The number of alkyl halides is 3. The summed E-state index contributed by atoms with van der Waals surface area (Å²) in [6.07, 6.45) is 0.809. The first-order valence-electron chi connectivity index (χ1n) is 6.68. The molecule has 4 nitrogen and oxygen atoms in total. The quantitative estimate of drug-likeness (QED) is 0.481. The Labute approximate surface area is 127 Å². The van der Waals surface area contributed by atoms with E-state index in [0.717, 1.165) is 5.56 Å². The summed E-state index contributed by atoms with van der Waals surface area (Å²) in [4.78, 5) is 4.29. The van der Waals surface area contributed by atoms with E-state index in [0.29, 0.717) is 25.6 Å². The van der Waals surface area contributed by atoms with Crippen molar-refractivity contribution < 1.29 is 17.9 Å². The number of terminal acetylenes is 1. The molecular formula is C15H18F3N3O. The second-order valence-electron chi connectivity index (χ2n) is 4.30. The van der Waals surface area contributed by atoms with E-state index in [4.69, 9.17) is 11.2 Å². The minimum atomic E-state index is -4.36. The highest BCUT2D eigenvalue weighted by Crippen LogP contribution is 2.19. The molecule has 0 amide bonds. The Hall–Kier alpha value is -2.36. The van der Waals surface area contributed by atoms with Crippen LogP contribution >= 0.6 is 0 Å². The van der Waals surface area contributed by atoms with Gasteiger partial charge in [0.1, 0.15) is 5.75 Å². The summed E-state index contributed by atoms with van der Waals surface area (Å²) in [7, 11) is 0. The number of guanidine groups is 1. The summed E-state index contributed by atoms with van der Waals surface area (Å²) < 4.78 is 41.1. The van der Waals surface area contributed by atoms with Crippen molar-refractivity contribution >= 4 is 5.96 Å². The highest BCUT2D eigenvalue weighted by Gasteiger charge is 2.28. The third-order valence-electron chi connectivity index (χ3n) is 2.42. The first-order valence-corrected chi connectivity index (χ1v) is 6.68. The molecule has 1 aromatic rings. The summed E-state index contributed by atoms with van der Waals surface area (Å²) in [5.74, 6) is 3.14. The summed E-state index contributed by atoms with van der Waals surface area (Å²) in [6.45, 7) is 1.90. The molecule has 0 saturated carbocycles. The van der Waals surface area contributed by atoms with Crippen LogP contribution in [-0.4, -0.2) is 31.8 Å². The van der Waals surface area contributed by atoms with Crippen molar-refractivity contribution in [3.63, 3.8) is 0 Å². The largest absolute Gasteiger partial charge is 0.484 e. The van der Waals surface area contributed by atoms with Gasteiger partial charge in [-0.3, -0.25) is 0 Å². The highest BCUT2D eigenvalue weighted by atomic mass is 19.4. The van der Waals surface area contributed by atoms with Gasteiger partial charge in [-0.15, -0.1) is 6.42 Å². The number of hydrogen-bond acceptors (Lipinski definition) is 2. The Morgan fingerprint density at radius 3 is 2.77 bits per heavy atom. The van der Waals surface area contributed by atoms with Crippen LogP contribution in [0.4, 0.5) is 13.2 Å². The van der Waals surface area contributed by atoms with Crippen LogP contribution in [0.15, 0.2) is 29.3 Å². The first kappa shape index (κ1) is 17.7. The zero-order chi connectivity index (χ0) is 16.4. The molecule has 0 aromatic heterocycles. The normalized spacial score (nSPS) is 11.7. The van der Waals surface area contributed by atoms with E-state index < -0.39 is 12.8 Å². The Kier molecular flexibility index (Phi) is 7.09. The maximum absolute atomic E-state index is 12.1. The van der Waals surface area contributed by atoms with Crippen LogP contribution in [0.3, 0.4) is 0 Å². The third kappa shape index (κ3) is 7.43. The highest BCUT2D eigenvalue weighted by molar-refractivity contribution is 5.79. The van der Waals surface area contributed by atoms with Crippen LogP contribution in [0.5, 0.6) is 5.75 Å². The van der Waals surface area contributed by atoms with Gasteiger partial charge in [0.2, 0.25) is 0 Å². The fourth-order valence-electron chi connectivity index (χ4n) is 1.55. The molecule has 0 aliphatic heterocycles. The standard InChI is InChI=1S/C15H18F3N3O/c1-3-8-20-14(19-4-2)21-10-12-6-5-7-13(9-12)22-11-15(16,17)18/h1,5-7,9H,4,8,10-11H2,2H3,(H2,19,20,21). The number of nitrogens with one attached hydrogen (secondary N) is 2. The van der Waals surface area contributed by atoms with Crippen molar-refractivity contribution in [2.45, 2.75) is 19.6 Å². The topological polar surface area (TPSA) is 45.7 Å². The molecule has 0 aliphatic carbocycles. The predicted octanol–water partition coefficient (Wildman–Crippen LogP) is 2.32. The minimum Gasteiger partial charge on any atom is -0.484 e. The molecule has 1 rings (SSSR count). The summed E-state index contributed by atoms with van der Waals surface area (Å²) in [5, 5.41) is 5.93. The Balaban J connectivity index is 2.66. The second-order valence-corrected chi connectivity index (χ2v) is 4.30. The number of rotatable bonds is 6. The van der Waals surface area contributed by atoms with Gasteiger partial charge >= 0.3 is 6.18 Å². The molecule has 2 N–H and O–H groups in total. The summed E-state index contributed by atoms with van der Waals surface area (Å²) >= 11 is 0. The fourth-order valence-corrected chi connectivity index (χ4v) is 1.55. The molecule has 0 aliphatic rings. The van der Waals surface area contributed by atoms with Crippen molar-refractivity contribution in [3.05, 3.63) is 29.8 Å². The molecule has 120 valence electrons. The maximum Gasteiger partial charge on any atom is 0.422 e. The van der Waals surface area contributed by atoms with Crippen LogP contribution in [0, 0.1) is 12.3 Å². The molecule has 0 heterocycles. The smallest absolute Gasteiger partial charge is 0.422 e. The molecular weight excluding hydrogens is 295 g/mol. The minimum absolute atomic E-state index is 0.159. The lowest BCUT2D eigenvalue weighted by molar-refractivity contribution is -0.153. The van der Waals surface area contributed by atoms with Gasteiger partial charge in [-0.1, -0.05) is 18.1 Å². The molecule has 7 heteroatoms. The molecule has 0 atom stereocenters. The predicted molar refractivity (Wildman–Crippen MR) is 79.6 cm³/mol. The fraction of sp³-hybridized carbons (Fsp3) is 0.400.